The molecule has 0 N–H and O–H groups in total. The Morgan fingerprint density at radius 2 is 1.60 bits per heavy atom. The van der Waals surface area contributed by atoms with Gasteiger partial charge in [0.15, 0.2) is 0 Å². The van der Waals surface area contributed by atoms with Gasteiger partial charge in [0, 0.05) is 10.4 Å². The van der Waals surface area contributed by atoms with Gasteiger partial charge in [-0.15, -0.1) is 22.2 Å². The molecule has 0 aromatic rings. The zero-order chi connectivity index (χ0) is 12.2. The SMILES string of the molecule is CC(C)(C)N1P(Cl)C([Si](C)(C)C)[Si]1(Cl)Cl. The molecule has 7 heteroatoms. The van der Waals surface area contributed by atoms with E-state index in [1.165, 1.54) is 0 Å². The van der Waals surface area contributed by atoms with E-state index in [1.807, 2.05) is 0 Å². The van der Waals surface area contributed by atoms with Gasteiger partial charge in [-0.25, -0.2) is 0 Å². The number of rotatable bonds is 1. The molecule has 0 aromatic heterocycles. The van der Waals surface area contributed by atoms with Crippen LogP contribution in [0.5, 0.6) is 0 Å². The number of hydrogen-bond acceptors (Lipinski definition) is 1. The van der Waals surface area contributed by atoms with Crippen LogP contribution in [-0.2, 0) is 0 Å². The lowest BCUT2D eigenvalue weighted by Gasteiger charge is -2.61. The fourth-order valence-electron chi connectivity index (χ4n) is 2.01. The average Bonchev–Trinajstić information content (AvgIpc) is 1.74. The molecule has 0 aliphatic carbocycles. The largest absolute Gasteiger partial charge is 0.336 e. The summed E-state index contributed by atoms with van der Waals surface area (Å²) in [5.74, 6) is 0. The van der Waals surface area contributed by atoms with E-state index in [-0.39, 0.29) is 5.54 Å². The van der Waals surface area contributed by atoms with Crippen LogP contribution in [0.1, 0.15) is 20.8 Å². The van der Waals surface area contributed by atoms with Crippen LogP contribution in [0.4, 0.5) is 0 Å². The van der Waals surface area contributed by atoms with Gasteiger partial charge < -0.3 is 0 Å². The summed E-state index contributed by atoms with van der Waals surface area (Å²) in [5.41, 5.74) is -0.000669. The highest BCUT2D eigenvalue weighted by Crippen LogP contribution is 2.72. The fourth-order valence-corrected chi connectivity index (χ4v) is 32.5. The highest BCUT2D eigenvalue weighted by atomic mass is 35.7. The molecule has 0 aromatic carbocycles. The summed E-state index contributed by atoms with van der Waals surface area (Å²) >= 11 is 19.7. The summed E-state index contributed by atoms with van der Waals surface area (Å²) in [7, 11) is -1.98. The highest BCUT2D eigenvalue weighted by Gasteiger charge is 2.68. The predicted octanol–water partition coefficient (Wildman–Crippen LogP) is 4.85. The zero-order valence-corrected chi connectivity index (χ0v) is 15.3. The van der Waals surface area contributed by atoms with Crippen LogP contribution in [0.2, 0.25) is 19.6 Å². The Balaban J connectivity index is 2.96. The summed E-state index contributed by atoms with van der Waals surface area (Å²) in [6.45, 7) is 11.0. The Morgan fingerprint density at radius 3 is 1.80 bits per heavy atom. The number of halogens is 3. The van der Waals surface area contributed by atoms with Gasteiger partial charge in [-0.1, -0.05) is 30.9 Å². The van der Waals surface area contributed by atoms with Crippen LogP contribution in [-0.4, -0.2) is 29.7 Å². The quantitative estimate of drug-likeness (QED) is 0.379. The highest BCUT2D eigenvalue weighted by molar-refractivity contribution is 7.96. The lowest BCUT2D eigenvalue weighted by Crippen LogP contribution is -2.72. The molecular weight excluding hydrogens is 304 g/mol. The molecule has 1 saturated heterocycles. The molecule has 1 aliphatic heterocycles. The number of nitrogens with zero attached hydrogens (tertiary/aromatic N) is 1. The fraction of sp³-hybridized carbons (Fsp3) is 1.00. The van der Waals surface area contributed by atoms with Crippen LogP contribution in [0.15, 0.2) is 0 Å². The van der Waals surface area contributed by atoms with E-state index in [9.17, 15) is 0 Å². The third-order valence-electron chi connectivity index (χ3n) is 2.47. The molecule has 2 atom stereocenters. The molecule has 1 heterocycles. The first-order valence-electron chi connectivity index (χ1n) is 5.03. The lowest BCUT2D eigenvalue weighted by atomic mass is 10.1. The van der Waals surface area contributed by atoms with Crippen molar-refractivity contribution in [1.82, 2.24) is 4.34 Å². The minimum absolute atomic E-state index is 0.000669. The first-order chi connectivity index (χ1) is 6.40. The molecule has 1 rings (SSSR count). The monoisotopic (exact) mass is 321 g/mol. The summed E-state index contributed by atoms with van der Waals surface area (Å²) in [5, 5.41) is 0. The van der Waals surface area contributed by atoms with Crippen molar-refractivity contribution >= 4 is 55.8 Å². The smallest absolute Gasteiger partial charge is 0.260 e. The van der Waals surface area contributed by atoms with Gasteiger partial charge in [-0.2, -0.15) is 0 Å². The van der Waals surface area contributed by atoms with Crippen LogP contribution in [0.3, 0.4) is 0 Å². The second-order valence-electron chi connectivity index (χ2n) is 6.13. The van der Waals surface area contributed by atoms with E-state index in [0.717, 1.165) is 0 Å². The second kappa shape index (κ2) is 4.12. The van der Waals surface area contributed by atoms with Gasteiger partial charge in [0.1, 0.15) is 0 Å². The van der Waals surface area contributed by atoms with Crippen molar-refractivity contribution in [3.8, 4) is 0 Å². The van der Waals surface area contributed by atoms with Gasteiger partial charge >= 0.3 is 6.86 Å². The molecule has 0 bridgehead atoms. The van der Waals surface area contributed by atoms with E-state index < -0.39 is 22.4 Å². The summed E-state index contributed by atoms with van der Waals surface area (Å²) in [6, 6.07) is 0. The van der Waals surface area contributed by atoms with Crippen LogP contribution in [0, 0.1) is 0 Å². The molecule has 1 fully saturated rings. The minimum Gasteiger partial charge on any atom is -0.260 e. The molecule has 0 spiro atoms. The first-order valence-corrected chi connectivity index (χ1v) is 14.9. The Kier molecular flexibility index (Phi) is 4.05. The molecule has 1 nitrogen and oxygen atoms in total. The predicted molar refractivity (Wildman–Crippen MR) is 79.0 cm³/mol. The maximum Gasteiger partial charge on any atom is 0.336 e. The second-order valence-corrected chi connectivity index (χ2v) is 22.1. The normalized spacial score (nSPS) is 32.6. The van der Waals surface area contributed by atoms with E-state index in [2.05, 4.69) is 44.7 Å². The lowest BCUT2D eigenvalue weighted by molar-refractivity contribution is 0.369. The number of hydrogen-bond donors (Lipinski definition) is 0. The van der Waals surface area contributed by atoms with E-state index in [0.29, 0.717) is 4.91 Å². The van der Waals surface area contributed by atoms with Gasteiger partial charge in [0.05, 0.1) is 15.5 Å². The Bertz CT molecular complexity index is 238. The van der Waals surface area contributed by atoms with Crippen LogP contribution < -0.4 is 0 Å². The van der Waals surface area contributed by atoms with Crippen molar-refractivity contribution in [2.24, 2.45) is 0 Å². The topological polar surface area (TPSA) is 3.24 Å². The molecule has 2 unspecified atom stereocenters. The van der Waals surface area contributed by atoms with Crippen molar-refractivity contribution in [3.63, 3.8) is 0 Å². The zero-order valence-electron chi connectivity index (χ0n) is 10.1. The van der Waals surface area contributed by atoms with Gasteiger partial charge in [-0.3, -0.25) is 4.34 Å². The van der Waals surface area contributed by atoms with E-state index in [4.69, 9.17) is 33.4 Å². The average molecular weight is 323 g/mol. The van der Waals surface area contributed by atoms with Crippen molar-refractivity contribution in [3.05, 3.63) is 0 Å². The van der Waals surface area contributed by atoms with Gasteiger partial charge in [0.2, 0.25) is 0 Å². The van der Waals surface area contributed by atoms with Crippen molar-refractivity contribution in [2.45, 2.75) is 50.9 Å². The van der Waals surface area contributed by atoms with Crippen molar-refractivity contribution in [1.29, 1.82) is 0 Å². The van der Waals surface area contributed by atoms with Gasteiger partial charge in [-0.05, 0) is 20.8 Å². The molecule has 0 saturated carbocycles. The third kappa shape index (κ3) is 2.59. The Labute approximate surface area is 111 Å². The molecule has 0 amide bonds. The standard InChI is InChI=1S/C8H19Cl3NPSi2/c1-8(2,3)12-13(9)7(14(4,5)6)15(12,10)11/h7H,1-6H3. The molecular formula is C8H19Cl3NPSi2. The third-order valence-corrected chi connectivity index (χ3v) is 25.2. The van der Waals surface area contributed by atoms with E-state index in [1.54, 1.807) is 0 Å². The summed E-state index contributed by atoms with van der Waals surface area (Å²) in [6.07, 6.45) is 0. The van der Waals surface area contributed by atoms with Gasteiger partial charge in [0.25, 0.3) is 0 Å². The van der Waals surface area contributed by atoms with E-state index >= 15 is 0 Å². The molecule has 1 aliphatic rings. The maximum absolute atomic E-state index is 6.60. The summed E-state index contributed by atoms with van der Waals surface area (Å²) < 4.78 is 2.20. The van der Waals surface area contributed by atoms with Crippen LogP contribution >= 0.6 is 40.8 Å². The maximum atomic E-state index is 6.60. The molecule has 90 valence electrons. The molecule has 15 heavy (non-hydrogen) atoms. The van der Waals surface area contributed by atoms with Crippen molar-refractivity contribution in [2.75, 3.05) is 0 Å². The summed E-state index contributed by atoms with van der Waals surface area (Å²) in [4.78, 5) is 0.421. The first kappa shape index (κ1) is 14.8. The molecule has 0 radical (unpaired) electrons. The van der Waals surface area contributed by atoms with Crippen LogP contribution in [0.25, 0.3) is 0 Å². The Hall–Kier alpha value is 1.69. The Morgan fingerprint density at radius 1 is 1.20 bits per heavy atom. The minimum atomic E-state index is -2.31. The van der Waals surface area contributed by atoms with Crippen molar-refractivity contribution < 1.29 is 0 Å².